The molecule has 4 aromatic rings. The van der Waals surface area contributed by atoms with Crippen LogP contribution in [0.25, 0.3) is 20.9 Å². The standard InChI is InChI=1S/C29H30ClF3N2OS/c1-3-34(4-2)16-7-8-17-35(19-20-14-15-21-10-5-6-11-22(21)18-20)28(36)27-26(30)25-23(29(31,32)33)12-9-13-24(25)37-27/h5-6,9-15,18H,3-4,7-8,16-17,19H2,1-2H3. The maximum Gasteiger partial charge on any atom is 0.417 e. The predicted octanol–water partition coefficient (Wildman–Crippen LogP) is 8.49. The van der Waals surface area contributed by atoms with Gasteiger partial charge in [-0.3, -0.25) is 4.79 Å². The van der Waals surface area contributed by atoms with E-state index < -0.39 is 11.7 Å². The number of amides is 1. The van der Waals surface area contributed by atoms with Crippen LogP contribution >= 0.6 is 22.9 Å². The Morgan fingerprint density at radius 3 is 2.32 bits per heavy atom. The first-order valence-corrected chi connectivity index (χ1v) is 13.7. The highest BCUT2D eigenvalue weighted by Crippen LogP contribution is 2.43. The minimum Gasteiger partial charge on any atom is -0.334 e. The van der Waals surface area contributed by atoms with Gasteiger partial charge < -0.3 is 9.80 Å². The van der Waals surface area contributed by atoms with Gasteiger partial charge in [-0.1, -0.05) is 67.9 Å². The summed E-state index contributed by atoms with van der Waals surface area (Å²) in [5.74, 6) is -0.338. The van der Waals surface area contributed by atoms with Crippen molar-refractivity contribution in [2.24, 2.45) is 0 Å². The maximum atomic E-state index is 13.8. The number of carbonyl (C=O) groups is 1. The van der Waals surface area contributed by atoms with Crippen molar-refractivity contribution in [2.75, 3.05) is 26.2 Å². The Bertz CT molecular complexity index is 1380. The Kier molecular flexibility index (Phi) is 8.78. The molecule has 0 bridgehead atoms. The van der Waals surface area contributed by atoms with E-state index in [1.54, 1.807) is 11.0 Å². The second-order valence-corrected chi connectivity index (χ2v) is 10.5. The van der Waals surface area contributed by atoms with Gasteiger partial charge in [0.05, 0.1) is 10.6 Å². The summed E-state index contributed by atoms with van der Waals surface area (Å²) in [4.78, 5) is 18.0. The van der Waals surface area contributed by atoms with E-state index in [4.69, 9.17) is 11.6 Å². The van der Waals surface area contributed by atoms with Crippen LogP contribution < -0.4 is 0 Å². The fourth-order valence-electron chi connectivity index (χ4n) is 4.62. The molecule has 1 aromatic heterocycles. The van der Waals surface area contributed by atoms with Crippen molar-refractivity contribution >= 4 is 49.7 Å². The van der Waals surface area contributed by atoms with Gasteiger partial charge in [-0.05, 0) is 67.0 Å². The summed E-state index contributed by atoms with van der Waals surface area (Å²) in [7, 11) is 0. The molecule has 4 rings (SSSR count). The average molecular weight is 547 g/mol. The van der Waals surface area contributed by atoms with Gasteiger partial charge in [0, 0.05) is 23.2 Å². The highest BCUT2D eigenvalue weighted by molar-refractivity contribution is 7.21. The van der Waals surface area contributed by atoms with E-state index in [0.717, 1.165) is 66.2 Å². The Morgan fingerprint density at radius 2 is 1.62 bits per heavy atom. The number of hydrogen-bond acceptors (Lipinski definition) is 3. The SMILES string of the molecule is CCN(CC)CCCCN(Cc1ccc2ccccc2c1)C(=O)c1sc2cccc(C(F)(F)F)c2c1Cl. The van der Waals surface area contributed by atoms with E-state index in [1.165, 1.54) is 6.07 Å². The lowest BCUT2D eigenvalue weighted by molar-refractivity contribution is -0.136. The van der Waals surface area contributed by atoms with Crippen molar-refractivity contribution in [3.63, 3.8) is 0 Å². The summed E-state index contributed by atoms with van der Waals surface area (Å²) < 4.78 is 41.3. The summed E-state index contributed by atoms with van der Waals surface area (Å²) in [6.45, 7) is 7.96. The first kappa shape index (κ1) is 27.4. The van der Waals surface area contributed by atoms with Crippen molar-refractivity contribution in [2.45, 2.75) is 39.4 Å². The van der Waals surface area contributed by atoms with Crippen LogP contribution in [0.5, 0.6) is 0 Å². The number of alkyl halides is 3. The molecule has 37 heavy (non-hydrogen) atoms. The van der Waals surface area contributed by atoms with Gasteiger partial charge >= 0.3 is 6.18 Å². The van der Waals surface area contributed by atoms with Crippen LogP contribution in [-0.2, 0) is 12.7 Å². The van der Waals surface area contributed by atoms with Gasteiger partial charge in [-0.2, -0.15) is 13.2 Å². The van der Waals surface area contributed by atoms with Crippen molar-refractivity contribution in [1.29, 1.82) is 0 Å². The van der Waals surface area contributed by atoms with Gasteiger partial charge in [0.2, 0.25) is 0 Å². The molecule has 0 spiro atoms. The fourth-order valence-corrected chi connectivity index (χ4v) is 6.16. The van der Waals surface area contributed by atoms with Gasteiger partial charge in [0.15, 0.2) is 0 Å². The third-order valence-electron chi connectivity index (χ3n) is 6.68. The van der Waals surface area contributed by atoms with Crippen molar-refractivity contribution in [3.8, 4) is 0 Å². The van der Waals surface area contributed by atoms with Crippen molar-refractivity contribution in [1.82, 2.24) is 9.80 Å². The third kappa shape index (κ3) is 6.28. The summed E-state index contributed by atoms with van der Waals surface area (Å²) >= 11 is 7.51. The quantitative estimate of drug-likeness (QED) is 0.186. The molecule has 1 heterocycles. The number of thiophene rings is 1. The number of halogens is 4. The highest BCUT2D eigenvalue weighted by Gasteiger charge is 2.35. The Hall–Kier alpha value is -2.61. The molecule has 0 fully saturated rings. The Labute approximate surface area is 224 Å². The minimum absolute atomic E-state index is 0.0998. The van der Waals surface area contributed by atoms with Crippen LogP contribution in [0.3, 0.4) is 0 Å². The monoisotopic (exact) mass is 546 g/mol. The lowest BCUT2D eigenvalue weighted by Crippen LogP contribution is -2.32. The van der Waals surface area contributed by atoms with Gasteiger partial charge in [0.25, 0.3) is 5.91 Å². The number of carbonyl (C=O) groups excluding carboxylic acids is 1. The number of nitrogens with zero attached hydrogens (tertiary/aromatic N) is 2. The largest absolute Gasteiger partial charge is 0.417 e. The number of hydrogen-bond donors (Lipinski definition) is 0. The van der Waals surface area contributed by atoms with Gasteiger partial charge in [0.1, 0.15) is 4.88 Å². The normalized spacial score (nSPS) is 12.1. The second-order valence-electron chi connectivity index (χ2n) is 9.06. The molecule has 8 heteroatoms. The van der Waals surface area contributed by atoms with Gasteiger partial charge in [-0.15, -0.1) is 11.3 Å². The molecule has 196 valence electrons. The summed E-state index contributed by atoms with van der Waals surface area (Å²) in [5.41, 5.74) is 0.148. The molecule has 3 nitrogen and oxygen atoms in total. The van der Waals surface area contributed by atoms with E-state index in [2.05, 4.69) is 24.8 Å². The molecule has 0 radical (unpaired) electrons. The number of benzene rings is 3. The molecule has 0 aliphatic rings. The summed E-state index contributed by atoms with van der Waals surface area (Å²) in [6, 6.07) is 18.0. The van der Waals surface area contributed by atoms with E-state index >= 15 is 0 Å². The van der Waals surface area contributed by atoms with Crippen LogP contribution in [0.1, 0.15) is 47.5 Å². The van der Waals surface area contributed by atoms with E-state index in [0.29, 0.717) is 17.8 Å². The second kappa shape index (κ2) is 11.8. The number of unbranched alkanes of at least 4 members (excludes halogenated alkanes) is 1. The number of fused-ring (bicyclic) bond motifs is 2. The zero-order chi connectivity index (χ0) is 26.6. The molecule has 0 saturated heterocycles. The van der Waals surface area contributed by atoms with Crippen LogP contribution in [-0.4, -0.2) is 41.9 Å². The molecule has 1 amide bonds. The zero-order valence-corrected chi connectivity index (χ0v) is 22.5. The Balaban J connectivity index is 1.64. The van der Waals surface area contributed by atoms with E-state index in [-0.39, 0.29) is 21.2 Å². The average Bonchev–Trinajstić information content (AvgIpc) is 3.23. The summed E-state index contributed by atoms with van der Waals surface area (Å²) in [6.07, 6.45) is -2.85. The predicted molar refractivity (Wildman–Crippen MR) is 148 cm³/mol. The topological polar surface area (TPSA) is 23.6 Å². The van der Waals surface area contributed by atoms with Crippen molar-refractivity contribution in [3.05, 3.63) is 81.7 Å². The van der Waals surface area contributed by atoms with E-state index in [1.807, 2.05) is 36.4 Å². The van der Waals surface area contributed by atoms with Crippen LogP contribution in [0, 0.1) is 0 Å². The molecule has 0 saturated carbocycles. The van der Waals surface area contributed by atoms with E-state index in [9.17, 15) is 18.0 Å². The van der Waals surface area contributed by atoms with Crippen LogP contribution in [0.4, 0.5) is 13.2 Å². The smallest absolute Gasteiger partial charge is 0.334 e. The first-order chi connectivity index (χ1) is 17.7. The molecule has 3 aromatic carbocycles. The van der Waals surface area contributed by atoms with Crippen molar-refractivity contribution < 1.29 is 18.0 Å². The fraction of sp³-hybridized carbons (Fsp3) is 0.345. The minimum atomic E-state index is -4.56. The maximum absolute atomic E-state index is 13.8. The Morgan fingerprint density at radius 1 is 0.919 bits per heavy atom. The van der Waals surface area contributed by atoms with Crippen LogP contribution in [0.2, 0.25) is 5.02 Å². The molecule has 0 aliphatic heterocycles. The lowest BCUT2D eigenvalue weighted by Gasteiger charge is -2.24. The van der Waals surface area contributed by atoms with Gasteiger partial charge in [-0.25, -0.2) is 0 Å². The van der Waals surface area contributed by atoms with Crippen LogP contribution in [0.15, 0.2) is 60.7 Å². The highest BCUT2D eigenvalue weighted by atomic mass is 35.5. The third-order valence-corrected chi connectivity index (χ3v) is 8.31. The zero-order valence-electron chi connectivity index (χ0n) is 20.9. The molecule has 0 N–H and O–H groups in total. The molecular formula is C29H30ClF3N2OS. The lowest BCUT2D eigenvalue weighted by atomic mass is 10.1. The molecular weight excluding hydrogens is 517 g/mol. The molecule has 0 unspecified atom stereocenters. The first-order valence-electron chi connectivity index (χ1n) is 12.5. The summed E-state index contributed by atoms with van der Waals surface area (Å²) in [5, 5.41) is 1.96. The molecule has 0 aliphatic carbocycles. The number of rotatable bonds is 10. The molecule has 0 atom stereocenters.